The van der Waals surface area contributed by atoms with Gasteiger partial charge in [0.15, 0.2) is 11.5 Å². The zero-order chi connectivity index (χ0) is 16.5. The summed E-state index contributed by atoms with van der Waals surface area (Å²) in [4.78, 5) is 0. The third kappa shape index (κ3) is 4.54. The highest BCUT2D eigenvalue weighted by molar-refractivity contribution is 5.84. The topological polar surface area (TPSA) is 69.5 Å². The van der Waals surface area contributed by atoms with Gasteiger partial charge in [0.05, 0.1) is 20.4 Å². The molecule has 6 heteroatoms. The van der Waals surface area contributed by atoms with E-state index in [4.69, 9.17) is 24.2 Å². The molecule has 23 heavy (non-hydrogen) atoms. The van der Waals surface area contributed by atoms with Crippen molar-refractivity contribution in [3.8, 4) is 23.0 Å². The molecule has 0 saturated heterocycles. The van der Waals surface area contributed by atoms with Gasteiger partial charge < -0.3 is 24.2 Å². The van der Waals surface area contributed by atoms with Gasteiger partial charge in [-0.15, -0.1) is 0 Å². The minimum absolute atomic E-state index is 0.309. The number of ether oxygens (including phenoxy) is 4. The van der Waals surface area contributed by atoms with Crippen LogP contribution in [0.25, 0.3) is 0 Å². The van der Waals surface area contributed by atoms with Crippen LogP contribution in [0.3, 0.4) is 0 Å². The zero-order valence-corrected chi connectivity index (χ0v) is 13.1. The molecule has 0 heterocycles. The van der Waals surface area contributed by atoms with Crippen LogP contribution in [-0.2, 0) is 0 Å². The lowest BCUT2D eigenvalue weighted by Crippen LogP contribution is -2.10. The van der Waals surface area contributed by atoms with E-state index in [0.29, 0.717) is 36.0 Å². The summed E-state index contributed by atoms with van der Waals surface area (Å²) < 4.78 is 21.7. The summed E-state index contributed by atoms with van der Waals surface area (Å²) in [7, 11) is 3.16. The molecule has 0 amide bonds. The highest BCUT2D eigenvalue weighted by Gasteiger charge is 2.09. The van der Waals surface area contributed by atoms with Crippen LogP contribution < -0.4 is 18.9 Å². The minimum atomic E-state index is 0.309. The highest BCUT2D eigenvalue weighted by Crippen LogP contribution is 2.30. The van der Waals surface area contributed by atoms with Crippen LogP contribution in [0.5, 0.6) is 23.0 Å². The molecule has 2 rings (SSSR count). The molecule has 6 nitrogen and oxygen atoms in total. The molecule has 2 aromatic carbocycles. The number of oxime groups is 1. The first-order valence-electron chi connectivity index (χ1n) is 7.02. The fourth-order valence-electron chi connectivity index (χ4n) is 2.01. The summed E-state index contributed by atoms with van der Waals surface area (Å²) in [5, 5.41) is 11.7. The smallest absolute Gasteiger partial charge is 0.170 e. The molecule has 0 spiro atoms. The van der Waals surface area contributed by atoms with Crippen molar-refractivity contribution in [3.05, 3.63) is 48.0 Å². The maximum absolute atomic E-state index is 8.71. The number of hydrogen-bond donors (Lipinski definition) is 1. The van der Waals surface area contributed by atoms with Crippen LogP contribution in [0.1, 0.15) is 5.56 Å². The standard InChI is InChI=1S/C17H19NO5/c1-20-14-6-4-7-15(11-14)22-9-10-23-17-13(12-18-19)5-3-8-16(17)21-2/h3-8,11-12,19H,9-10H2,1-2H3. The molecule has 0 atom stereocenters. The summed E-state index contributed by atoms with van der Waals surface area (Å²) in [6.45, 7) is 0.658. The average molecular weight is 317 g/mol. The van der Waals surface area contributed by atoms with Crippen LogP contribution in [-0.4, -0.2) is 38.9 Å². The van der Waals surface area contributed by atoms with Crippen LogP contribution in [0.2, 0.25) is 0 Å². The van der Waals surface area contributed by atoms with Crippen LogP contribution in [0.15, 0.2) is 47.6 Å². The van der Waals surface area contributed by atoms with Crippen molar-refractivity contribution >= 4 is 6.21 Å². The Hall–Kier alpha value is -2.89. The lowest BCUT2D eigenvalue weighted by molar-refractivity contribution is 0.210. The number of benzene rings is 2. The first-order chi connectivity index (χ1) is 11.3. The van der Waals surface area contributed by atoms with Crippen molar-refractivity contribution in [2.45, 2.75) is 0 Å². The summed E-state index contributed by atoms with van der Waals surface area (Å²) in [5.74, 6) is 2.49. The van der Waals surface area contributed by atoms with Gasteiger partial charge in [-0.25, -0.2) is 0 Å². The number of nitrogens with zero attached hydrogens (tertiary/aromatic N) is 1. The molecule has 0 fully saturated rings. The lowest BCUT2D eigenvalue weighted by atomic mass is 10.2. The highest BCUT2D eigenvalue weighted by atomic mass is 16.5. The Balaban J connectivity index is 1.95. The van der Waals surface area contributed by atoms with Gasteiger partial charge in [-0.2, -0.15) is 0 Å². The molecule has 0 saturated carbocycles. The molecule has 0 aliphatic rings. The summed E-state index contributed by atoms with van der Waals surface area (Å²) >= 11 is 0. The van der Waals surface area contributed by atoms with Crippen molar-refractivity contribution in [2.75, 3.05) is 27.4 Å². The van der Waals surface area contributed by atoms with E-state index in [-0.39, 0.29) is 0 Å². The maximum Gasteiger partial charge on any atom is 0.170 e. The quantitative estimate of drug-likeness (QED) is 0.351. The van der Waals surface area contributed by atoms with Crippen LogP contribution >= 0.6 is 0 Å². The zero-order valence-electron chi connectivity index (χ0n) is 13.1. The lowest BCUT2D eigenvalue weighted by Gasteiger charge is -2.13. The van der Waals surface area contributed by atoms with Crippen molar-refractivity contribution < 1.29 is 24.2 Å². The van der Waals surface area contributed by atoms with Crippen LogP contribution in [0, 0.1) is 0 Å². The normalized spacial score (nSPS) is 10.5. The van der Waals surface area contributed by atoms with Crippen LogP contribution in [0.4, 0.5) is 0 Å². The molecule has 0 radical (unpaired) electrons. The predicted octanol–water partition coefficient (Wildman–Crippen LogP) is 2.97. The third-order valence-electron chi connectivity index (χ3n) is 3.07. The molecular formula is C17H19NO5. The Labute approximate surface area is 134 Å². The molecule has 0 bridgehead atoms. The fourth-order valence-corrected chi connectivity index (χ4v) is 2.01. The Kier molecular flexibility index (Phi) is 6.11. The molecule has 0 unspecified atom stereocenters. The number of hydrogen-bond acceptors (Lipinski definition) is 6. The first-order valence-corrected chi connectivity index (χ1v) is 7.02. The molecule has 122 valence electrons. The Morgan fingerprint density at radius 3 is 2.43 bits per heavy atom. The Morgan fingerprint density at radius 2 is 1.70 bits per heavy atom. The minimum Gasteiger partial charge on any atom is -0.497 e. The second-order valence-electron chi connectivity index (χ2n) is 4.50. The van der Waals surface area contributed by atoms with Gasteiger partial charge in [0, 0.05) is 11.6 Å². The van der Waals surface area contributed by atoms with E-state index in [2.05, 4.69) is 5.16 Å². The second kappa shape index (κ2) is 8.53. The number of para-hydroxylation sites is 1. The monoisotopic (exact) mass is 317 g/mol. The third-order valence-corrected chi connectivity index (χ3v) is 3.07. The van der Waals surface area contributed by atoms with Crippen molar-refractivity contribution in [1.29, 1.82) is 0 Å². The second-order valence-corrected chi connectivity index (χ2v) is 4.50. The summed E-state index contributed by atoms with van der Waals surface area (Å²) in [6, 6.07) is 12.7. The van der Waals surface area contributed by atoms with Crippen molar-refractivity contribution in [3.63, 3.8) is 0 Å². The largest absolute Gasteiger partial charge is 0.497 e. The fraction of sp³-hybridized carbons (Fsp3) is 0.235. The van der Waals surface area contributed by atoms with E-state index < -0.39 is 0 Å². The van der Waals surface area contributed by atoms with E-state index >= 15 is 0 Å². The molecule has 0 aliphatic heterocycles. The van der Waals surface area contributed by atoms with Gasteiger partial charge in [-0.1, -0.05) is 17.3 Å². The molecule has 0 aromatic heterocycles. The Bertz CT molecular complexity index is 657. The number of methoxy groups -OCH3 is 2. The van der Waals surface area contributed by atoms with E-state index in [9.17, 15) is 0 Å². The van der Waals surface area contributed by atoms with Gasteiger partial charge in [0.1, 0.15) is 24.7 Å². The summed E-state index contributed by atoms with van der Waals surface area (Å²) in [5.41, 5.74) is 0.619. The molecular weight excluding hydrogens is 298 g/mol. The van der Waals surface area contributed by atoms with Gasteiger partial charge in [-0.05, 0) is 24.3 Å². The first kappa shape index (κ1) is 16.5. The summed E-state index contributed by atoms with van der Waals surface area (Å²) in [6.07, 6.45) is 1.29. The average Bonchev–Trinajstić information content (AvgIpc) is 2.60. The van der Waals surface area contributed by atoms with Gasteiger partial charge in [0.2, 0.25) is 0 Å². The SMILES string of the molecule is COc1cccc(OCCOc2c(C=NO)cccc2OC)c1. The molecule has 1 N–H and O–H groups in total. The van der Waals surface area contributed by atoms with E-state index in [1.165, 1.54) is 6.21 Å². The molecule has 2 aromatic rings. The molecule has 0 aliphatic carbocycles. The maximum atomic E-state index is 8.71. The van der Waals surface area contributed by atoms with Crippen molar-refractivity contribution in [2.24, 2.45) is 5.16 Å². The van der Waals surface area contributed by atoms with Crippen molar-refractivity contribution in [1.82, 2.24) is 0 Å². The van der Waals surface area contributed by atoms with Gasteiger partial charge in [-0.3, -0.25) is 0 Å². The van der Waals surface area contributed by atoms with E-state index in [1.54, 1.807) is 38.5 Å². The van der Waals surface area contributed by atoms with E-state index in [1.807, 2.05) is 18.2 Å². The van der Waals surface area contributed by atoms with Gasteiger partial charge in [0.25, 0.3) is 0 Å². The number of rotatable bonds is 8. The predicted molar refractivity (Wildman–Crippen MR) is 86.4 cm³/mol. The Morgan fingerprint density at radius 1 is 0.957 bits per heavy atom. The van der Waals surface area contributed by atoms with Gasteiger partial charge >= 0.3 is 0 Å². The van der Waals surface area contributed by atoms with E-state index in [0.717, 1.165) is 5.75 Å².